The number of hydrogen-bond donors (Lipinski definition) is 1. The SMILES string of the molecule is C/C=C(/CCNC=O)c1ccccc1.C=C(C)CCCC. The molecule has 0 aliphatic heterocycles. The third kappa shape index (κ3) is 10.6. The molecular formula is C19H29NO. The van der Waals surface area contributed by atoms with Crippen molar-refractivity contribution < 1.29 is 4.79 Å². The van der Waals surface area contributed by atoms with E-state index in [4.69, 9.17) is 0 Å². The van der Waals surface area contributed by atoms with Crippen LogP contribution in [0.1, 0.15) is 52.0 Å². The van der Waals surface area contributed by atoms with Crippen LogP contribution in [0.5, 0.6) is 0 Å². The van der Waals surface area contributed by atoms with Gasteiger partial charge in [0.25, 0.3) is 0 Å². The number of allylic oxidation sites excluding steroid dienone is 2. The van der Waals surface area contributed by atoms with Gasteiger partial charge in [-0.05, 0) is 44.2 Å². The monoisotopic (exact) mass is 287 g/mol. The predicted molar refractivity (Wildman–Crippen MR) is 93.1 cm³/mol. The van der Waals surface area contributed by atoms with Gasteiger partial charge in [0.05, 0.1) is 0 Å². The highest BCUT2D eigenvalue weighted by Gasteiger charge is 1.98. The second-order valence-corrected chi connectivity index (χ2v) is 5.06. The molecule has 1 N–H and O–H groups in total. The van der Waals surface area contributed by atoms with Gasteiger partial charge in [0.1, 0.15) is 0 Å². The van der Waals surface area contributed by atoms with Gasteiger partial charge >= 0.3 is 0 Å². The van der Waals surface area contributed by atoms with Crippen LogP contribution in [0.3, 0.4) is 0 Å². The zero-order chi connectivity index (χ0) is 15.9. The zero-order valence-electron chi connectivity index (χ0n) is 13.7. The first kappa shape index (κ1) is 19.2. The molecule has 116 valence electrons. The average Bonchev–Trinajstić information content (AvgIpc) is 2.51. The third-order valence-electron chi connectivity index (χ3n) is 3.07. The summed E-state index contributed by atoms with van der Waals surface area (Å²) in [5.41, 5.74) is 3.80. The highest BCUT2D eigenvalue weighted by atomic mass is 16.1. The van der Waals surface area contributed by atoms with Gasteiger partial charge in [-0.2, -0.15) is 0 Å². The zero-order valence-corrected chi connectivity index (χ0v) is 13.7. The molecule has 0 aliphatic rings. The minimum Gasteiger partial charge on any atom is -0.358 e. The van der Waals surface area contributed by atoms with E-state index in [0.29, 0.717) is 6.54 Å². The van der Waals surface area contributed by atoms with Crippen molar-refractivity contribution in [1.82, 2.24) is 5.32 Å². The van der Waals surface area contributed by atoms with Gasteiger partial charge in [0, 0.05) is 6.54 Å². The minimum atomic E-state index is 0.693. The Morgan fingerprint density at radius 1 is 1.24 bits per heavy atom. The Morgan fingerprint density at radius 3 is 2.33 bits per heavy atom. The van der Waals surface area contributed by atoms with Crippen molar-refractivity contribution in [2.75, 3.05) is 6.54 Å². The van der Waals surface area contributed by atoms with Crippen molar-refractivity contribution >= 4 is 12.0 Å². The van der Waals surface area contributed by atoms with Gasteiger partial charge < -0.3 is 5.32 Å². The Labute approximate surface area is 130 Å². The molecule has 0 fully saturated rings. The van der Waals surface area contributed by atoms with Crippen LogP contribution in [0.15, 0.2) is 48.6 Å². The van der Waals surface area contributed by atoms with Crippen LogP contribution in [-0.4, -0.2) is 13.0 Å². The first-order chi connectivity index (χ1) is 10.2. The topological polar surface area (TPSA) is 29.1 Å². The molecule has 2 nitrogen and oxygen atoms in total. The van der Waals surface area contributed by atoms with Gasteiger partial charge in [0.15, 0.2) is 0 Å². The summed E-state index contributed by atoms with van der Waals surface area (Å²) >= 11 is 0. The molecule has 2 heteroatoms. The predicted octanol–water partition coefficient (Wildman–Crippen LogP) is 4.98. The molecule has 1 aromatic carbocycles. The molecule has 0 radical (unpaired) electrons. The van der Waals surface area contributed by atoms with Crippen LogP contribution in [0, 0.1) is 0 Å². The lowest BCUT2D eigenvalue weighted by molar-refractivity contribution is -0.109. The van der Waals surface area contributed by atoms with Crippen LogP contribution < -0.4 is 5.32 Å². The molecule has 0 unspecified atom stereocenters. The van der Waals surface area contributed by atoms with Crippen LogP contribution in [0.25, 0.3) is 5.57 Å². The number of unbranched alkanes of at least 4 members (excludes halogenated alkanes) is 1. The fourth-order valence-corrected chi connectivity index (χ4v) is 1.85. The van der Waals surface area contributed by atoms with E-state index in [1.165, 1.54) is 36.0 Å². The molecule has 0 heterocycles. The lowest BCUT2D eigenvalue weighted by Gasteiger charge is -2.06. The summed E-state index contributed by atoms with van der Waals surface area (Å²) in [6.07, 6.45) is 7.48. The van der Waals surface area contributed by atoms with Crippen molar-refractivity contribution in [3.63, 3.8) is 0 Å². The largest absolute Gasteiger partial charge is 0.358 e. The van der Waals surface area contributed by atoms with E-state index in [-0.39, 0.29) is 0 Å². The maximum absolute atomic E-state index is 10.1. The van der Waals surface area contributed by atoms with E-state index in [0.717, 1.165) is 12.8 Å². The molecule has 1 rings (SSSR count). The molecule has 0 saturated carbocycles. The van der Waals surface area contributed by atoms with Crippen molar-refractivity contribution in [2.45, 2.75) is 46.5 Å². The van der Waals surface area contributed by atoms with Crippen LogP contribution in [0.4, 0.5) is 0 Å². The first-order valence-corrected chi connectivity index (χ1v) is 7.67. The van der Waals surface area contributed by atoms with Crippen LogP contribution in [0.2, 0.25) is 0 Å². The van der Waals surface area contributed by atoms with Gasteiger partial charge in [0.2, 0.25) is 6.41 Å². The number of benzene rings is 1. The summed E-state index contributed by atoms with van der Waals surface area (Å²) in [6, 6.07) is 10.2. The van der Waals surface area contributed by atoms with Gasteiger partial charge in [-0.3, -0.25) is 4.79 Å². The van der Waals surface area contributed by atoms with Crippen molar-refractivity contribution in [3.8, 4) is 0 Å². The van der Waals surface area contributed by atoms with E-state index in [9.17, 15) is 4.79 Å². The fourth-order valence-electron chi connectivity index (χ4n) is 1.85. The van der Waals surface area contributed by atoms with Crippen molar-refractivity contribution in [2.24, 2.45) is 0 Å². The number of carbonyl (C=O) groups excluding carboxylic acids is 1. The van der Waals surface area contributed by atoms with E-state index in [2.05, 4.69) is 44.0 Å². The molecule has 0 bridgehead atoms. The molecule has 21 heavy (non-hydrogen) atoms. The fraction of sp³-hybridized carbons (Fsp3) is 0.421. The van der Waals surface area contributed by atoms with E-state index < -0.39 is 0 Å². The Kier molecular flexibility index (Phi) is 12.0. The minimum absolute atomic E-state index is 0.693. The standard InChI is InChI=1S/C12H15NO.C7H14/c1-2-11(8-9-13-10-14)12-6-4-3-5-7-12;1-4-5-6-7(2)3/h2-7,10H,8-9H2,1H3,(H,13,14);2,4-6H2,1,3H3/b11-2-;. The Balaban J connectivity index is 0.000000486. The van der Waals surface area contributed by atoms with Gasteiger partial charge in [-0.15, -0.1) is 6.58 Å². The summed E-state index contributed by atoms with van der Waals surface area (Å²) in [5.74, 6) is 0. The molecule has 0 aromatic heterocycles. The number of amides is 1. The summed E-state index contributed by atoms with van der Waals surface area (Å²) < 4.78 is 0. The highest BCUT2D eigenvalue weighted by Crippen LogP contribution is 2.16. The molecule has 1 aromatic rings. The van der Waals surface area contributed by atoms with Crippen molar-refractivity contribution in [3.05, 3.63) is 54.1 Å². The summed E-state index contributed by atoms with van der Waals surface area (Å²) in [5, 5.41) is 2.66. The number of rotatable bonds is 8. The quantitative estimate of drug-likeness (QED) is 0.408. The Hall–Kier alpha value is -1.83. The molecule has 1 amide bonds. The smallest absolute Gasteiger partial charge is 0.207 e. The lowest BCUT2D eigenvalue weighted by atomic mass is 10.0. The van der Waals surface area contributed by atoms with Gasteiger partial charge in [-0.25, -0.2) is 0 Å². The third-order valence-corrected chi connectivity index (χ3v) is 3.07. The first-order valence-electron chi connectivity index (χ1n) is 7.67. The van der Waals surface area contributed by atoms with E-state index >= 15 is 0 Å². The van der Waals surface area contributed by atoms with Crippen LogP contribution in [-0.2, 0) is 4.79 Å². The number of carbonyl (C=O) groups is 1. The Morgan fingerprint density at radius 2 is 1.90 bits per heavy atom. The Bertz CT molecular complexity index is 420. The molecule has 0 atom stereocenters. The second-order valence-electron chi connectivity index (χ2n) is 5.06. The van der Waals surface area contributed by atoms with E-state index in [1.807, 2.05) is 25.1 Å². The molecular weight excluding hydrogens is 258 g/mol. The van der Waals surface area contributed by atoms with Crippen LogP contribution >= 0.6 is 0 Å². The highest BCUT2D eigenvalue weighted by molar-refractivity contribution is 5.65. The summed E-state index contributed by atoms with van der Waals surface area (Å²) in [7, 11) is 0. The number of hydrogen-bond acceptors (Lipinski definition) is 1. The molecule has 0 aliphatic carbocycles. The summed E-state index contributed by atoms with van der Waals surface area (Å²) in [4.78, 5) is 10.1. The summed E-state index contributed by atoms with van der Waals surface area (Å²) in [6.45, 7) is 10.8. The average molecular weight is 287 g/mol. The molecule has 0 saturated heterocycles. The maximum atomic E-state index is 10.1. The van der Waals surface area contributed by atoms with E-state index in [1.54, 1.807) is 0 Å². The second kappa shape index (κ2) is 13.2. The van der Waals surface area contributed by atoms with Crippen molar-refractivity contribution in [1.29, 1.82) is 0 Å². The van der Waals surface area contributed by atoms with Gasteiger partial charge in [-0.1, -0.05) is 55.3 Å². The molecule has 0 spiro atoms. The lowest BCUT2D eigenvalue weighted by Crippen LogP contribution is -2.12. The normalized spacial score (nSPS) is 10.3. The maximum Gasteiger partial charge on any atom is 0.207 e. The number of nitrogens with one attached hydrogen (secondary N) is 1.